The maximum atomic E-state index is 13.5. The van der Waals surface area contributed by atoms with E-state index in [-0.39, 0.29) is 23.6 Å². The number of amides is 2. The molecule has 1 aliphatic heterocycles. The molecule has 0 spiro atoms. The standard InChI is InChI=1S/C23H29N7O4/c24-23(25)27-15-5-9-20(21(31)28-16-10-12-18(13-11-16)30(33)34)29(17-6-2-1-3-7-17)22(32)19-8-4-14-26-19/h1-3,6-7,10-13,19-20,26H,4-5,8-9,14-15H2,(H,28,31)(H4,24,25,27)/t19-,20-/m0/s1. The number of carbonyl (C=O) groups is 2. The van der Waals surface area contributed by atoms with Crippen LogP contribution < -0.4 is 26.6 Å². The number of carbonyl (C=O) groups excluding carboxylic acids is 2. The van der Waals surface area contributed by atoms with Gasteiger partial charge >= 0.3 is 0 Å². The molecular weight excluding hydrogens is 438 g/mol. The summed E-state index contributed by atoms with van der Waals surface area (Å²) in [6, 6.07) is 13.3. The van der Waals surface area contributed by atoms with Gasteiger partial charge in [0.2, 0.25) is 11.8 Å². The van der Waals surface area contributed by atoms with E-state index in [0.717, 1.165) is 13.0 Å². The summed E-state index contributed by atoms with van der Waals surface area (Å²) in [4.78, 5) is 38.9. The molecule has 2 aromatic rings. The van der Waals surface area contributed by atoms with Crippen LogP contribution >= 0.6 is 0 Å². The van der Waals surface area contributed by atoms with Crippen LogP contribution in [0.4, 0.5) is 17.1 Å². The lowest BCUT2D eigenvalue weighted by Gasteiger charge is -2.33. The summed E-state index contributed by atoms with van der Waals surface area (Å²) in [6.45, 7) is 1.11. The van der Waals surface area contributed by atoms with Crippen LogP contribution in [0.5, 0.6) is 0 Å². The van der Waals surface area contributed by atoms with E-state index in [2.05, 4.69) is 16.0 Å². The molecule has 6 N–H and O–H groups in total. The van der Waals surface area contributed by atoms with Crippen molar-refractivity contribution in [2.45, 2.75) is 37.8 Å². The van der Waals surface area contributed by atoms with Crippen molar-refractivity contribution in [3.05, 3.63) is 64.7 Å². The van der Waals surface area contributed by atoms with E-state index in [4.69, 9.17) is 11.1 Å². The van der Waals surface area contributed by atoms with Gasteiger partial charge in [-0.15, -0.1) is 0 Å². The van der Waals surface area contributed by atoms with Crippen molar-refractivity contribution in [1.82, 2.24) is 10.6 Å². The average Bonchev–Trinajstić information content (AvgIpc) is 3.36. The van der Waals surface area contributed by atoms with Crippen LogP contribution in [0.25, 0.3) is 0 Å². The lowest BCUT2D eigenvalue weighted by molar-refractivity contribution is -0.384. The normalized spacial score (nSPS) is 15.8. The predicted molar refractivity (Wildman–Crippen MR) is 130 cm³/mol. The van der Waals surface area contributed by atoms with Crippen molar-refractivity contribution >= 4 is 34.8 Å². The Balaban J connectivity index is 1.88. The molecule has 180 valence electrons. The highest BCUT2D eigenvalue weighted by Gasteiger charge is 2.35. The number of hydrogen-bond acceptors (Lipinski definition) is 6. The SMILES string of the molecule is N=C(N)NCCC[C@@H](C(=O)Nc1ccc([N+](=O)[O-])cc1)N(C(=O)[C@@H]1CCCN1)c1ccccc1. The summed E-state index contributed by atoms with van der Waals surface area (Å²) in [5, 5.41) is 27.0. The number of benzene rings is 2. The smallest absolute Gasteiger partial charge is 0.269 e. The average molecular weight is 468 g/mol. The summed E-state index contributed by atoms with van der Waals surface area (Å²) >= 11 is 0. The molecule has 2 amide bonds. The fraction of sp³-hybridized carbons (Fsp3) is 0.348. The van der Waals surface area contributed by atoms with E-state index in [0.29, 0.717) is 37.2 Å². The third-order valence-electron chi connectivity index (χ3n) is 5.56. The molecule has 0 unspecified atom stereocenters. The highest BCUT2D eigenvalue weighted by molar-refractivity contribution is 6.06. The zero-order valence-electron chi connectivity index (χ0n) is 18.7. The minimum atomic E-state index is -0.846. The Morgan fingerprint density at radius 3 is 2.50 bits per heavy atom. The highest BCUT2D eigenvalue weighted by atomic mass is 16.6. The van der Waals surface area contributed by atoms with Crippen molar-refractivity contribution < 1.29 is 14.5 Å². The number of nitrogens with one attached hydrogen (secondary N) is 4. The molecule has 3 rings (SSSR count). The van der Waals surface area contributed by atoms with Crippen LogP contribution in [0.3, 0.4) is 0 Å². The first kappa shape index (κ1) is 24.6. The molecule has 2 atom stereocenters. The number of rotatable bonds is 10. The number of para-hydroxylation sites is 1. The van der Waals surface area contributed by atoms with Crippen molar-refractivity contribution in [3.63, 3.8) is 0 Å². The van der Waals surface area contributed by atoms with Gasteiger partial charge in [-0.3, -0.25) is 30.0 Å². The number of anilines is 2. The Kier molecular flexibility index (Phi) is 8.52. The van der Waals surface area contributed by atoms with Gasteiger partial charge in [0.05, 0.1) is 11.0 Å². The molecule has 11 nitrogen and oxygen atoms in total. The van der Waals surface area contributed by atoms with Gasteiger partial charge in [0, 0.05) is 30.1 Å². The number of nitro benzene ring substituents is 1. The van der Waals surface area contributed by atoms with Gasteiger partial charge in [-0.05, 0) is 56.5 Å². The minimum absolute atomic E-state index is 0.0850. The Hall–Kier alpha value is -3.99. The molecule has 11 heteroatoms. The fourth-order valence-corrected chi connectivity index (χ4v) is 3.90. The minimum Gasteiger partial charge on any atom is -0.370 e. The second-order valence-corrected chi connectivity index (χ2v) is 7.98. The van der Waals surface area contributed by atoms with E-state index < -0.39 is 16.9 Å². The number of guanidine groups is 1. The number of non-ortho nitro benzene ring substituents is 1. The summed E-state index contributed by atoms with van der Waals surface area (Å²) in [7, 11) is 0. The topological polar surface area (TPSA) is 166 Å². The Labute approximate surface area is 197 Å². The van der Waals surface area contributed by atoms with Crippen molar-refractivity contribution in [2.75, 3.05) is 23.3 Å². The van der Waals surface area contributed by atoms with Crippen LogP contribution in [0.1, 0.15) is 25.7 Å². The lowest BCUT2D eigenvalue weighted by atomic mass is 10.0. The van der Waals surface area contributed by atoms with Crippen LogP contribution in [0.15, 0.2) is 54.6 Å². The predicted octanol–water partition coefficient (Wildman–Crippen LogP) is 1.95. The van der Waals surface area contributed by atoms with Gasteiger partial charge in [0.15, 0.2) is 5.96 Å². The number of nitrogens with two attached hydrogens (primary N) is 1. The van der Waals surface area contributed by atoms with Crippen LogP contribution in [-0.2, 0) is 9.59 Å². The third kappa shape index (κ3) is 6.51. The Morgan fingerprint density at radius 2 is 1.91 bits per heavy atom. The van der Waals surface area contributed by atoms with Gasteiger partial charge in [0.1, 0.15) is 6.04 Å². The third-order valence-corrected chi connectivity index (χ3v) is 5.56. The highest BCUT2D eigenvalue weighted by Crippen LogP contribution is 2.24. The van der Waals surface area contributed by atoms with Gasteiger partial charge < -0.3 is 21.7 Å². The van der Waals surface area contributed by atoms with Crippen molar-refractivity contribution in [2.24, 2.45) is 5.73 Å². The van der Waals surface area contributed by atoms with Crippen molar-refractivity contribution in [3.8, 4) is 0 Å². The molecule has 1 saturated heterocycles. The van der Waals surface area contributed by atoms with Gasteiger partial charge in [-0.2, -0.15) is 0 Å². The molecule has 34 heavy (non-hydrogen) atoms. The Bertz CT molecular complexity index is 1010. The van der Waals surface area contributed by atoms with Gasteiger partial charge in [-0.25, -0.2) is 0 Å². The molecule has 2 aromatic carbocycles. The second-order valence-electron chi connectivity index (χ2n) is 7.98. The van der Waals surface area contributed by atoms with E-state index in [1.807, 2.05) is 6.07 Å². The first-order chi connectivity index (χ1) is 16.4. The van der Waals surface area contributed by atoms with Gasteiger partial charge in [0.25, 0.3) is 5.69 Å². The van der Waals surface area contributed by atoms with Crippen LogP contribution in [0.2, 0.25) is 0 Å². The molecule has 1 aliphatic rings. The van der Waals surface area contributed by atoms with E-state index >= 15 is 0 Å². The van der Waals surface area contributed by atoms with Crippen LogP contribution in [0, 0.1) is 15.5 Å². The van der Waals surface area contributed by atoms with Gasteiger partial charge in [-0.1, -0.05) is 18.2 Å². The first-order valence-electron chi connectivity index (χ1n) is 11.1. The molecule has 0 aliphatic carbocycles. The largest absolute Gasteiger partial charge is 0.370 e. The monoisotopic (exact) mass is 467 g/mol. The summed E-state index contributed by atoms with van der Waals surface area (Å²) < 4.78 is 0. The molecule has 0 radical (unpaired) electrons. The quantitative estimate of drug-likeness (QED) is 0.117. The van der Waals surface area contributed by atoms with E-state index in [1.54, 1.807) is 24.3 Å². The molecule has 1 fully saturated rings. The van der Waals surface area contributed by atoms with Crippen LogP contribution in [-0.4, -0.2) is 47.9 Å². The number of hydrogen-bond donors (Lipinski definition) is 5. The van der Waals surface area contributed by atoms with Crippen molar-refractivity contribution in [1.29, 1.82) is 5.41 Å². The molecule has 1 heterocycles. The maximum absolute atomic E-state index is 13.5. The zero-order valence-corrected chi connectivity index (χ0v) is 18.7. The molecule has 0 bridgehead atoms. The molecule has 0 aromatic heterocycles. The maximum Gasteiger partial charge on any atom is 0.269 e. The van der Waals surface area contributed by atoms with E-state index in [1.165, 1.54) is 29.2 Å². The number of nitrogens with zero attached hydrogens (tertiary/aromatic N) is 2. The summed E-state index contributed by atoms with van der Waals surface area (Å²) in [6.07, 6.45) is 2.35. The second kappa shape index (κ2) is 11.8. The molecular formula is C23H29N7O4. The Morgan fingerprint density at radius 1 is 1.21 bits per heavy atom. The fourth-order valence-electron chi connectivity index (χ4n) is 3.90. The summed E-state index contributed by atoms with van der Waals surface area (Å²) in [5.74, 6) is -0.767. The lowest BCUT2D eigenvalue weighted by Crippen LogP contribution is -2.53. The molecule has 0 saturated carbocycles. The first-order valence-corrected chi connectivity index (χ1v) is 11.1. The number of nitro groups is 1. The van der Waals surface area contributed by atoms with E-state index in [9.17, 15) is 19.7 Å². The zero-order chi connectivity index (χ0) is 24.5. The summed E-state index contributed by atoms with van der Waals surface area (Å²) in [5.41, 5.74) is 6.27.